The Balaban J connectivity index is 1.64. The molecule has 1 aliphatic carbocycles. The molecule has 1 amide bonds. The highest BCUT2D eigenvalue weighted by atomic mass is 19.2. The second-order valence-electron chi connectivity index (χ2n) is 5.56. The maximum absolute atomic E-state index is 13.2. The number of carbonyl (C=O) groups excluding carboxylic acids is 1. The molecular formula is C14H15F2N5O2. The number of carbonyl (C=O) groups is 1. The third kappa shape index (κ3) is 3.27. The number of aromatic nitrogens is 4. The Bertz CT molecular complexity index is 797. The zero-order chi connectivity index (χ0) is 16.6. The molecule has 1 atom stereocenters. The van der Waals surface area contributed by atoms with Gasteiger partial charge in [-0.25, -0.2) is 13.6 Å². The molecule has 23 heavy (non-hydrogen) atoms. The summed E-state index contributed by atoms with van der Waals surface area (Å²) in [4.78, 5) is 23.9. The molecule has 3 rings (SSSR count). The van der Waals surface area contributed by atoms with E-state index in [0.29, 0.717) is 5.56 Å². The van der Waals surface area contributed by atoms with Crippen molar-refractivity contribution in [1.82, 2.24) is 25.1 Å². The van der Waals surface area contributed by atoms with Gasteiger partial charge in [-0.05, 0) is 47.9 Å². The van der Waals surface area contributed by atoms with Gasteiger partial charge >= 0.3 is 5.69 Å². The third-order valence-corrected chi connectivity index (χ3v) is 3.67. The number of tetrazole rings is 1. The second-order valence-corrected chi connectivity index (χ2v) is 5.56. The highest BCUT2D eigenvalue weighted by Gasteiger charge is 2.28. The summed E-state index contributed by atoms with van der Waals surface area (Å²) in [6.45, 7) is 1.36. The first-order valence-corrected chi connectivity index (χ1v) is 7.22. The number of halogens is 2. The van der Waals surface area contributed by atoms with Gasteiger partial charge in [0.05, 0.1) is 12.1 Å². The molecule has 1 saturated carbocycles. The molecule has 1 aliphatic rings. The van der Waals surface area contributed by atoms with Crippen molar-refractivity contribution in [2.75, 3.05) is 0 Å². The van der Waals surface area contributed by atoms with Crippen molar-refractivity contribution in [3.63, 3.8) is 0 Å². The van der Waals surface area contributed by atoms with Gasteiger partial charge in [-0.1, -0.05) is 6.07 Å². The van der Waals surface area contributed by atoms with E-state index in [4.69, 9.17) is 0 Å². The quantitative estimate of drug-likeness (QED) is 0.887. The van der Waals surface area contributed by atoms with E-state index >= 15 is 0 Å². The Morgan fingerprint density at radius 1 is 1.35 bits per heavy atom. The van der Waals surface area contributed by atoms with Crippen LogP contribution in [0, 0.1) is 11.6 Å². The van der Waals surface area contributed by atoms with Crippen molar-refractivity contribution in [3.05, 3.63) is 45.9 Å². The molecule has 0 spiro atoms. The van der Waals surface area contributed by atoms with Crippen molar-refractivity contribution < 1.29 is 13.6 Å². The largest absolute Gasteiger partial charge is 0.364 e. The molecule has 1 aromatic heterocycles. The summed E-state index contributed by atoms with van der Waals surface area (Å²) in [5.74, 6) is -2.39. The molecule has 0 radical (unpaired) electrons. The topological polar surface area (TPSA) is 81.8 Å². The van der Waals surface area contributed by atoms with E-state index < -0.39 is 29.3 Å². The van der Waals surface area contributed by atoms with E-state index in [1.54, 1.807) is 6.92 Å². The van der Waals surface area contributed by atoms with Gasteiger partial charge in [0.1, 0.15) is 6.54 Å². The van der Waals surface area contributed by atoms with Crippen LogP contribution in [0.15, 0.2) is 23.0 Å². The summed E-state index contributed by atoms with van der Waals surface area (Å²) < 4.78 is 28.4. The smallest absolute Gasteiger partial charge is 0.348 e. The maximum Gasteiger partial charge on any atom is 0.364 e. The predicted octanol–water partition coefficient (Wildman–Crippen LogP) is 0.930. The van der Waals surface area contributed by atoms with Gasteiger partial charge in [0.2, 0.25) is 5.91 Å². The minimum atomic E-state index is -0.979. The lowest BCUT2D eigenvalue weighted by Gasteiger charge is -2.14. The molecule has 9 heteroatoms. The first-order valence-electron chi connectivity index (χ1n) is 7.22. The normalized spacial score (nSPS) is 15.4. The van der Waals surface area contributed by atoms with Gasteiger partial charge in [0, 0.05) is 0 Å². The molecular weight excluding hydrogens is 308 g/mol. The molecule has 0 unspecified atom stereocenters. The van der Waals surface area contributed by atoms with Crippen LogP contribution in [0.25, 0.3) is 0 Å². The summed E-state index contributed by atoms with van der Waals surface area (Å²) in [5, 5.41) is 10.0. The van der Waals surface area contributed by atoms with Gasteiger partial charge in [-0.15, -0.1) is 0 Å². The minimum absolute atomic E-state index is 0.0837. The lowest BCUT2D eigenvalue weighted by Crippen LogP contribution is -2.35. The number of nitrogens with zero attached hydrogens (tertiary/aromatic N) is 4. The fourth-order valence-corrected chi connectivity index (χ4v) is 2.22. The standard InChI is InChI=1S/C14H15F2N5O2/c1-8(9-2-5-11(15)12(16)6-9)17-13(22)7-20-14(23)21(19-18-20)10-3-4-10/h2,5-6,8,10H,3-4,7H2,1H3,(H,17,22)/t8-/m0/s1. The molecule has 2 aromatic rings. The molecule has 1 N–H and O–H groups in total. The Kier molecular flexibility index (Phi) is 3.93. The van der Waals surface area contributed by atoms with Crippen molar-refractivity contribution in [2.45, 2.75) is 38.4 Å². The Morgan fingerprint density at radius 3 is 2.74 bits per heavy atom. The van der Waals surface area contributed by atoms with Crippen molar-refractivity contribution in [1.29, 1.82) is 0 Å². The van der Waals surface area contributed by atoms with Gasteiger partial charge in [0.15, 0.2) is 11.6 Å². The molecule has 122 valence electrons. The molecule has 0 saturated heterocycles. The average molecular weight is 323 g/mol. The number of nitrogens with one attached hydrogen (secondary N) is 1. The van der Waals surface area contributed by atoms with Gasteiger partial charge in [-0.2, -0.15) is 9.36 Å². The van der Waals surface area contributed by atoms with E-state index in [0.717, 1.165) is 29.7 Å². The van der Waals surface area contributed by atoms with Crippen LogP contribution in [-0.2, 0) is 11.3 Å². The van der Waals surface area contributed by atoms with Gasteiger partial charge in [-0.3, -0.25) is 4.79 Å². The molecule has 1 fully saturated rings. The van der Waals surface area contributed by atoms with Crippen LogP contribution >= 0.6 is 0 Å². The van der Waals surface area contributed by atoms with E-state index in [1.807, 2.05) is 0 Å². The van der Waals surface area contributed by atoms with Crippen LogP contribution in [-0.4, -0.2) is 25.7 Å². The molecule has 1 heterocycles. The number of hydrogen-bond acceptors (Lipinski definition) is 4. The van der Waals surface area contributed by atoms with Gasteiger partial charge < -0.3 is 5.32 Å². The second kappa shape index (κ2) is 5.90. The number of rotatable bonds is 5. The van der Waals surface area contributed by atoms with Crippen LogP contribution in [0.4, 0.5) is 8.78 Å². The molecule has 0 aliphatic heterocycles. The highest BCUT2D eigenvalue weighted by Crippen LogP contribution is 2.32. The predicted molar refractivity (Wildman–Crippen MR) is 75.5 cm³/mol. The van der Waals surface area contributed by atoms with E-state index in [1.165, 1.54) is 10.7 Å². The zero-order valence-electron chi connectivity index (χ0n) is 12.4. The summed E-state index contributed by atoms with van der Waals surface area (Å²) in [6, 6.07) is 2.96. The summed E-state index contributed by atoms with van der Waals surface area (Å²) in [6.07, 6.45) is 1.77. The Morgan fingerprint density at radius 2 is 2.09 bits per heavy atom. The molecule has 0 bridgehead atoms. The van der Waals surface area contributed by atoms with Crippen LogP contribution < -0.4 is 11.0 Å². The van der Waals surface area contributed by atoms with Crippen LogP contribution in [0.5, 0.6) is 0 Å². The van der Waals surface area contributed by atoms with E-state index in [-0.39, 0.29) is 12.6 Å². The summed E-state index contributed by atoms with van der Waals surface area (Å²) in [5.41, 5.74) is -0.00522. The van der Waals surface area contributed by atoms with Crippen LogP contribution in [0.3, 0.4) is 0 Å². The van der Waals surface area contributed by atoms with Crippen molar-refractivity contribution >= 4 is 5.91 Å². The first-order chi connectivity index (χ1) is 11.0. The number of benzene rings is 1. The first kappa shape index (κ1) is 15.3. The molecule has 1 aromatic carbocycles. The number of amides is 1. The fraction of sp³-hybridized carbons (Fsp3) is 0.429. The summed E-state index contributed by atoms with van der Waals surface area (Å²) in [7, 11) is 0. The lowest BCUT2D eigenvalue weighted by atomic mass is 10.1. The van der Waals surface area contributed by atoms with E-state index in [2.05, 4.69) is 15.7 Å². The van der Waals surface area contributed by atoms with E-state index in [9.17, 15) is 18.4 Å². The SMILES string of the molecule is C[C@H](NC(=O)Cn1nnn(C2CC2)c1=O)c1ccc(F)c(F)c1. The fourth-order valence-electron chi connectivity index (χ4n) is 2.22. The minimum Gasteiger partial charge on any atom is -0.348 e. The monoisotopic (exact) mass is 323 g/mol. The Labute approximate surface area is 129 Å². The van der Waals surface area contributed by atoms with Gasteiger partial charge in [0.25, 0.3) is 0 Å². The zero-order valence-corrected chi connectivity index (χ0v) is 12.4. The highest BCUT2D eigenvalue weighted by molar-refractivity contribution is 5.76. The van der Waals surface area contributed by atoms with Crippen LogP contribution in [0.1, 0.15) is 37.4 Å². The van der Waals surface area contributed by atoms with Crippen molar-refractivity contribution in [3.8, 4) is 0 Å². The van der Waals surface area contributed by atoms with Crippen LogP contribution in [0.2, 0.25) is 0 Å². The van der Waals surface area contributed by atoms with Crippen molar-refractivity contribution in [2.24, 2.45) is 0 Å². The lowest BCUT2D eigenvalue weighted by molar-refractivity contribution is -0.122. The summed E-state index contributed by atoms with van der Waals surface area (Å²) >= 11 is 0. The number of hydrogen-bond donors (Lipinski definition) is 1. The Hall–Kier alpha value is -2.58. The maximum atomic E-state index is 13.2. The third-order valence-electron chi connectivity index (χ3n) is 3.67. The average Bonchev–Trinajstić information content (AvgIpc) is 3.28. The molecule has 7 nitrogen and oxygen atoms in total.